The summed E-state index contributed by atoms with van der Waals surface area (Å²) in [7, 11) is 0. The molecular weight excluding hydrogens is 440 g/mol. The minimum Gasteiger partial charge on any atom is -0.481 e. The van der Waals surface area contributed by atoms with E-state index in [4.69, 9.17) is 0 Å². The fraction of sp³-hybridized carbons (Fsp3) is 0.900. The molecule has 0 amide bonds. The second kappa shape index (κ2) is 7.35. The van der Waals surface area contributed by atoms with E-state index < -0.39 is 40.5 Å². The number of allylic oxidation sites excluding steroid dienone is 2. The molecule has 0 aromatic rings. The fourth-order valence-corrected chi connectivity index (χ4v) is 10.7. The van der Waals surface area contributed by atoms with Gasteiger partial charge in [0.05, 0.1) is 17.6 Å². The Hall–Kier alpha value is -0.910. The van der Waals surface area contributed by atoms with E-state index in [1.54, 1.807) is 0 Å². The lowest BCUT2D eigenvalue weighted by atomic mass is 9.33. The van der Waals surface area contributed by atoms with Crippen LogP contribution in [0.1, 0.15) is 99.8 Å². The van der Waals surface area contributed by atoms with Crippen molar-refractivity contribution in [1.82, 2.24) is 0 Å². The first kappa shape index (κ1) is 25.7. The molecule has 5 heteroatoms. The summed E-state index contributed by atoms with van der Waals surface area (Å²) < 4.78 is 0. The number of aliphatic hydroxyl groups excluding tert-OH is 3. The molecule has 0 saturated heterocycles. The lowest BCUT2D eigenvalue weighted by molar-refractivity contribution is -0.278. The van der Waals surface area contributed by atoms with Gasteiger partial charge in [0.25, 0.3) is 0 Å². The van der Waals surface area contributed by atoms with Crippen LogP contribution in [-0.4, -0.2) is 44.7 Å². The molecule has 4 N–H and O–H groups in total. The molecule has 5 aliphatic carbocycles. The molecule has 198 valence electrons. The normalized spacial score (nSPS) is 54.4. The van der Waals surface area contributed by atoms with E-state index in [9.17, 15) is 25.2 Å². The molecule has 5 aliphatic rings. The lowest BCUT2D eigenvalue weighted by Crippen LogP contribution is -2.72. The van der Waals surface area contributed by atoms with Crippen molar-refractivity contribution in [2.45, 2.75) is 118 Å². The molecule has 0 spiro atoms. The third-order valence-electron chi connectivity index (χ3n) is 13.2. The first-order valence-electron chi connectivity index (χ1n) is 14.0. The first-order chi connectivity index (χ1) is 16.0. The van der Waals surface area contributed by atoms with Crippen LogP contribution in [0.2, 0.25) is 0 Å². The highest BCUT2D eigenvalue weighted by Crippen LogP contribution is 2.75. The van der Waals surface area contributed by atoms with Crippen LogP contribution in [0.4, 0.5) is 0 Å². The minimum absolute atomic E-state index is 0.0611. The van der Waals surface area contributed by atoms with Gasteiger partial charge in [0.1, 0.15) is 6.10 Å². The van der Waals surface area contributed by atoms with Crippen molar-refractivity contribution in [3.05, 3.63) is 11.6 Å². The topological polar surface area (TPSA) is 98.0 Å². The molecular formula is C30H48O5. The summed E-state index contributed by atoms with van der Waals surface area (Å²) in [6, 6.07) is 0. The average Bonchev–Trinajstić information content (AvgIpc) is 2.76. The highest BCUT2D eigenvalue weighted by Gasteiger charge is 2.72. The standard InChI is InChI=1S/C30H48O5/c1-25(2)12-14-30(24(34)35)15-13-27(5)17(18(30)16-25)8-9-20-28(27,6)11-10-19-26(3,4)22(32)21(31)23(33)29(19,20)7/h8,18-23,31-33H,9-16H2,1-7H3,(H,34,35)/t18?,19?,20?,21-,22-,23+,27+,28+,29-,30-/m0/s1. The molecule has 3 unspecified atom stereocenters. The van der Waals surface area contributed by atoms with E-state index in [1.807, 2.05) is 0 Å². The fourth-order valence-electron chi connectivity index (χ4n) is 10.7. The zero-order valence-corrected chi connectivity index (χ0v) is 22.9. The van der Waals surface area contributed by atoms with E-state index in [0.29, 0.717) is 0 Å². The maximum absolute atomic E-state index is 12.8. The van der Waals surface area contributed by atoms with Crippen molar-refractivity contribution < 1.29 is 25.2 Å². The van der Waals surface area contributed by atoms with Crippen molar-refractivity contribution in [3.63, 3.8) is 0 Å². The molecule has 0 bridgehead atoms. The Morgan fingerprint density at radius 2 is 1.49 bits per heavy atom. The summed E-state index contributed by atoms with van der Waals surface area (Å²) in [4.78, 5) is 12.8. The number of carbonyl (C=O) groups is 1. The van der Waals surface area contributed by atoms with Crippen LogP contribution in [0.25, 0.3) is 0 Å². The number of carboxylic acids is 1. The largest absolute Gasteiger partial charge is 0.481 e. The van der Waals surface area contributed by atoms with E-state index in [1.165, 1.54) is 5.57 Å². The Morgan fingerprint density at radius 1 is 0.857 bits per heavy atom. The van der Waals surface area contributed by atoms with Gasteiger partial charge in [0, 0.05) is 5.41 Å². The Morgan fingerprint density at radius 3 is 2.11 bits per heavy atom. The SMILES string of the molecule is CC1(C)CC[C@]2(C(=O)O)CC[C@]3(C)C(=CCC4[C@]5(C)C(CC[C@]43C)C(C)(C)[C@@H](O)[C@H](O)[C@H]5O)C2C1. The van der Waals surface area contributed by atoms with Gasteiger partial charge >= 0.3 is 5.97 Å². The Balaban J connectivity index is 1.63. The summed E-state index contributed by atoms with van der Waals surface area (Å²) in [5, 5.41) is 43.9. The van der Waals surface area contributed by atoms with E-state index in [2.05, 4.69) is 54.5 Å². The van der Waals surface area contributed by atoms with Crippen LogP contribution in [0.15, 0.2) is 11.6 Å². The maximum Gasteiger partial charge on any atom is 0.310 e. The molecule has 10 atom stereocenters. The molecule has 5 nitrogen and oxygen atoms in total. The maximum atomic E-state index is 12.8. The molecule has 4 saturated carbocycles. The number of aliphatic hydroxyl groups is 3. The zero-order valence-electron chi connectivity index (χ0n) is 22.9. The average molecular weight is 489 g/mol. The summed E-state index contributed by atoms with van der Waals surface area (Å²) in [5.41, 5.74) is -0.402. The van der Waals surface area contributed by atoms with Crippen molar-refractivity contribution in [1.29, 1.82) is 0 Å². The first-order valence-corrected chi connectivity index (χ1v) is 14.0. The molecule has 5 rings (SSSR count). The predicted molar refractivity (Wildman–Crippen MR) is 135 cm³/mol. The van der Waals surface area contributed by atoms with Crippen molar-refractivity contribution in [2.24, 2.45) is 50.2 Å². The Bertz CT molecular complexity index is 952. The van der Waals surface area contributed by atoms with Gasteiger partial charge < -0.3 is 20.4 Å². The van der Waals surface area contributed by atoms with Crippen molar-refractivity contribution >= 4 is 5.97 Å². The number of rotatable bonds is 1. The Kier molecular flexibility index (Phi) is 5.40. The van der Waals surface area contributed by atoms with Gasteiger partial charge in [0.2, 0.25) is 0 Å². The van der Waals surface area contributed by atoms with Crippen LogP contribution in [0.5, 0.6) is 0 Å². The summed E-state index contributed by atoms with van der Waals surface area (Å²) in [5.74, 6) is -0.292. The molecule has 0 aromatic heterocycles. The van der Waals surface area contributed by atoms with Gasteiger partial charge in [-0.3, -0.25) is 4.79 Å². The molecule has 0 aromatic carbocycles. The number of aliphatic carboxylic acids is 1. The molecule has 35 heavy (non-hydrogen) atoms. The second-order valence-electron chi connectivity index (χ2n) is 15.2. The lowest BCUT2D eigenvalue weighted by Gasteiger charge is -2.72. The van der Waals surface area contributed by atoms with Crippen molar-refractivity contribution in [3.8, 4) is 0 Å². The van der Waals surface area contributed by atoms with Crippen molar-refractivity contribution in [2.75, 3.05) is 0 Å². The monoisotopic (exact) mass is 488 g/mol. The predicted octanol–water partition coefficient (Wildman–Crippen LogP) is 5.18. The van der Waals surface area contributed by atoms with Crippen LogP contribution in [-0.2, 0) is 4.79 Å². The zero-order chi connectivity index (χ0) is 26.0. The van der Waals surface area contributed by atoms with Crippen LogP contribution in [0, 0.1) is 50.2 Å². The smallest absolute Gasteiger partial charge is 0.310 e. The second-order valence-corrected chi connectivity index (χ2v) is 15.2. The number of hydrogen-bond donors (Lipinski definition) is 4. The molecule has 0 heterocycles. The summed E-state index contributed by atoms with van der Waals surface area (Å²) >= 11 is 0. The number of carboxylic acid groups (broad SMARTS) is 1. The van der Waals surface area contributed by atoms with Gasteiger partial charge in [-0.1, -0.05) is 60.1 Å². The van der Waals surface area contributed by atoms with Gasteiger partial charge in [-0.15, -0.1) is 0 Å². The Labute approximate surface area is 211 Å². The molecule has 4 fully saturated rings. The van der Waals surface area contributed by atoms with E-state index in [-0.39, 0.29) is 34.0 Å². The minimum atomic E-state index is -1.16. The van der Waals surface area contributed by atoms with E-state index >= 15 is 0 Å². The quantitative estimate of drug-likeness (QED) is 0.382. The van der Waals surface area contributed by atoms with Gasteiger partial charge in [-0.2, -0.15) is 0 Å². The molecule has 0 aliphatic heterocycles. The van der Waals surface area contributed by atoms with Gasteiger partial charge in [0.15, 0.2) is 0 Å². The summed E-state index contributed by atoms with van der Waals surface area (Å²) in [6.45, 7) is 15.6. The highest BCUT2D eigenvalue weighted by molar-refractivity contribution is 5.76. The van der Waals surface area contributed by atoms with Gasteiger partial charge in [-0.05, 0) is 90.8 Å². The third kappa shape index (κ3) is 2.95. The van der Waals surface area contributed by atoms with Crippen LogP contribution in [0.3, 0.4) is 0 Å². The summed E-state index contributed by atoms with van der Waals surface area (Å²) in [6.07, 6.45) is 6.22. The third-order valence-corrected chi connectivity index (χ3v) is 13.2. The van der Waals surface area contributed by atoms with Gasteiger partial charge in [-0.25, -0.2) is 0 Å². The molecule has 0 radical (unpaired) electrons. The number of fused-ring (bicyclic) bond motifs is 7. The number of hydrogen-bond acceptors (Lipinski definition) is 4. The van der Waals surface area contributed by atoms with Crippen LogP contribution < -0.4 is 0 Å². The van der Waals surface area contributed by atoms with Crippen LogP contribution >= 0.6 is 0 Å². The highest BCUT2D eigenvalue weighted by atomic mass is 16.4. The van der Waals surface area contributed by atoms with E-state index in [0.717, 1.165) is 51.4 Å².